The first-order chi connectivity index (χ1) is 6.70. The smallest absolute Gasteiger partial charge is 0.262 e. The molecule has 70 valence electrons. The predicted molar refractivity (Wildman–Crippen MR) is 51.2 cm³/mol. The quantitative estimate of drug-likeness (QED) is 0.533. The summed E-state index contributed by atoms with van der Waals surface area (Å²) in [6.07, 6.45) is 4.15. The highest BCUT2D eigenvalue weighted by molar-refractivity contribution is 6.37. The van der Waals surface area contributed by atoms with Crippen molar-refractivity contribution in [3.05, 3.63) is 39.8 Å². The fourth-order valence-electron chi connectivity index (χ4n) is 1.13. The Morgan fingerprint density at radius 3 is 2.93 bits per heavy atom. The van der Waals surface area contributed by atoms with Gasteiger partial charge in [0.1, 0.15) is 11.2 Å². The zero-order chi connectivity index (χ0) is 10.1. The summed E-state index contributed by atoms with van der Waals surface area (Å²) >= 11 is 5.83. The maximum atomic E-state index is 10.5. The van der Waals surface area contributed by atoms with Crippen LogP contribution in [0.25, 0.3) is 10.9 Å². The minimum atomic E-state index is -0.560. The van der Waals surface area contributed by atoms with Gasteiger partial charge in [-0.25, -0.2) is 4.98 Å². The molecule has 0 N–H and O–H groups in total. The van der Waals surface area contributed by atoms with Gasteiger partial charge in [0, 0.05) is 11.6 Å². The third-order valence-electron chi connectivity index (χ3n) is 1.78. The van der Waals surface area contributed by atoms with Crippen LogP contribution in [0.15, 0.2) is 24.7 Å². The van der Waals surface area contributed by atoms with Crippen LogP contribution in [0.3, 0.4) is 0 Å². The van der Waals surface area contributed by atoms with E-state index in [1.807, 2.05) is 0 Å². The summed E-state index contributed by atoms with van der Waals surface area (Å²) in [6, 6.07) is 1.59. The number of nitrogens with zero attached hydrogens (tertiary/aromatic N) is 3. The van der Waals surface area contributed by atoms with Gasteiger partial charge >= 0.3 is 5.69 Å². The van der Waals surface area contributed by atoms with Crippen LogP contribution < -0.4 is 0 Å². The highest BCUT2D eigenvalue weighted by atomic mass is 35.5. The van der Waals surface area contributed by atoms with Crippen LogP contribution in [0, 0.1) is 10.1 Å². The highest BCUT2D eigenvalue weighted by Gasteiger charge is 2.15. The lowest BCUT2D eigenvalue weighted by atomic mass is 10.2. The van der Waals surface area contributed by atoms with E-state index in [0.29, 0.717) is 10.9 Å². The second-order valence-electron chi connectivity index (χ2n) is 2.61. The molecule has 2 aromatic heterocycles. The van der Waals surface area contributed by atoms with Crippen molar-refractivity contribution >= 4 is 28.2 Å². The first-order valence-corrected chi connectivity index (χ1v) is 4.10. The summed E-state index contributed by atoms with van der Waals surface area (Å²) in [5.74, 6) is 0. The Labute approximate surface area is 83.5 Å². The van der Waals surface area contributed by atoms with E-state index >= 15 is 0 Å². The number of aromatic nitrogens is 2. The molecule has 0 aliphatic rings. The normalized spacial score (nSPS) is 10.4. The molecule has 0 saturated heterocycles. The number of fused-ring (bicyclic) bond motifs is 1. The van der Waals surface area contributed by atoms with Gasteiger partial charge in [-0.05, 0) is 6.07 Å². The van der Waals surface area contributed by atoms with Crippen molar-refractivity contribution in [2.24, 2.45) is 0 Å². The molecule has 0 spiro atoms. The van der Waals surface area contributed by atoms with E-state index in [1.54, 1.807) is 6.07 Å². The maximum Gasteiger partial charge on any atom is 0.306 e. The highest BCUT2D eigenvalue weighted by Crippen LogP contribution is 2.29. The van der Waals surface area contributed by atoms with Crippen molar-refractivity contribution in [2.75, 3.05) is 0 Å². The molecule has 2 aromatic rings. The van der Waals surface area contributed by atoms with Gasteiger partial charge in [-0.3, -0.25) is 15.1 Å². The zero-order valence-electron chi connectivity index (χ0n) is 6.85. The van der Waals surface area contributed by atoms with Crippen molar-refractivity contribution < 1.29 is 4.92 Å². The minimum absolute atomic E-state index is 0.0994. The molecule has 0 aliphatic carbocycles. The van der Waals surface area contributed by atoms with Crippen molar-refractivity contribution in [2.45, 2.75) is 0 Å². The first-order valence-electron chi connectivity index (χ1n) is 3.73. The average molecular weight is 210 g/mol. The Morgan fingerprint density at radius 1 is 1.43 bits per heavy atom. The number of halogens is 1. The summed E-state index contributed by atoms with van der Waals surface area (Å²) in [5.41, 5.74) is 0.355. The fourth-order valence-corrected chi connectivity index (χ4v) is 1.40. The lowest BCUT2D eigenvalue weighted by Gasteiger charge is -1.98. The van der Waals surface area contributed by atoms with E-state index in [9.17, 15) is 10.1 Å². The van der Waals surface area contributed by atoms with Gasteiger partial charge in [-0.1, -0.05) is 11.6 Å². The standard InChI is InChI=1S/C8H4ClN3O2/c9-8-5-1-2-10-3-6(5)11-4-7(8)12(13)14/h1-4H. The monoisotopic (exact) mass is 209 g/mol. The van der Waals surface area contributed by atoms with Gasteiger partial charge in [0.15, 0.2) is 0 Å². The third-order valence-corrected chi connectivity index (χ3v) is 2.18. The molecule has 2 rings (SSSR count). The van der Waals surface area contributed by atoms with Crippen LogP contribution >= 0.6 is 11.6 Å². The first kappa shape index (κ1) is 8.83. The summed E-state index contributed by atoms with van der Waals surface area (Å²) in [4.78, 5) is 17.7. The summed E-state index contributed by atoms with van der Waals surface area (Å²) < 4.78 is 0. The van der Waals surface area contributed by atoms with Gasteiger partial charge in [0.2, 0.25) is 0 Å². The van der Waals surface area contributed by atoms with Gasteiger partial charge in [-0.2, -0.15) is 0 Å². The largest absolute Gasteiger partial charge is 0.306 e. The van der Waals surface area contributed by atoms with E-state index in [4.69, 9.17) is 11.6 Å². The van der Waals surface area contributed by atoms with Gasteiger partial charge in [0.05, 0.1) is 16.6 Å². The van der Waals surface area contributed by atoms with Gasteiger partial charge in [0.25, 0.3) is 0 Å². The second kappa shape index (κ2) is 3.19. The maximum absolute atomic E-state index is 10.5. The molecule has 14 heavy (non-hydrogen) atoms. The van der Waals surface area contributed by atoms with E-state index in [-0.39, 0.29) is 10.7 Å². The second-order valence-corrected chi connectivity index (χ2v) is 2.99. The molecule has 0 aliphatic heterocycles. The number of hydrogen-bond acceptors (Lipinski definition) is 4. The molecule has 0 fully saturated rings. The van der Waals surface area contributed by atoms with E-state index in [1.165, 1.54) is 12.4 Å². The lowest BCUT2D eigenvalue weighted by Crippen LogP contribution is -1.91. The van der Waals surface area contributed by atoms with Crippen LogP contribution in [-0.2, 0) is 0 Å². The summed E-state index contributed by atoms with van der Waals surface area (Å²) in [5, 5.41) is 11.2. The van der Waals surface area contributed by atoms with Crippen molar-refractivity contribution in [1.82, 2.24) is 9.97 Å². The Bertz CT molecular complexity index is 515. The van der Waals surface area contributed by atoms with Crippen LogP contribution in [-0.4, -0.2) is 14.9 Å². The SMILES string of the molecule is O=[N+]([O-])c1cnc2cnccc2c1Cl. The molecule has 0 bridgehead atoms. The number of rotatable bonds is 1. The Balaban J connectivity index is 2.81. The molecule has 0 saturated carbocycles. The molecule has 0 amide bonds. The molecule has 0 aromatic carbocycles. The van der Waals surface area contributed by atoms with Crippen LogP contribution in [0.5, 0.6) is 0 Å². The van der Waals surface area contributed by atoms with E-state index < -0.39 is 4.92 Å². The summed E-state index contributed by atoms with van der Waals surface area (Å²) in [7, 11) is 0. The van der Waals surface area contributed by atoms with Crippen molar-refractivity contribution in [3.8, 4) is 0 Å². The van der Waals surface area contributed by atoms with Crippen molar-refractivity contribution in [1.29, 1.82) is 0 Å². The molecule has 0 unspecified atom stereocenters. The molecule has 5 nitrogen and oxygen atoms in total. The third kappa shape index (κ3) is 1.27. The lowest BCUT2D eigenvalue weighted by molar-refractivity contribution is -0.384. The topological polar surface area (TPSA) is 68.9 Å². The molecule has 6 heteroatoms. The number of pyridine rings is 2. The predicted octanol–water partition coefficient (Wildman–Crippen LogP) is 2.19. The molecule has 2 heterocycles. The van der Waals surface area contributed by atoms with Crippen molar-refractivity contribution in [3.63, 3.8) is 0 Å². The number of nitro groups is 1. The molecular weight excluding hydrogens is 206 g/mol. The van der Waals surface area contributed by atoms with Gasteiger partial charge < -0.3 is 0 Å². The Kier molecular flexibility index (Phi) is 2.01. The van der Waals surface area contributed by atoms with Crippen LogP contribution in [0.1, 0.15) is 0 Å². The Morgan fingerprint density at radius 2 is 2.21 bits per heavy atom. The Hall–Kier alpha value is -1.75. The average Bonchev–Trinajstić information content (AvgIpc) is 2.18. The number of hydrogen-bond donors (Lipinski definition) is 0. The van der Waals surface area contributed by atoms with E-state index in [2.05, 4.69) is 9.97 Å². The summed E-state index contributed by atoms with van der Waals surface area (Å²) in [6.45, 7) is 0. The molecule has 0 atom stereocenters. The molecule has 0 radical (unpaired) electrons. The fraction of sp³-hybridized carbons (Fsp3) is 0. The zero-order valence-corrected chi connectivity index (χ0v) is 7.60. The van der Waals surface area contributed by atoms with Gasteiger partial charge in [-0.15, -0.1) is 0 Å². The van der Waals surface area contributed by atoms with Crippen LogP contribution in [0.4, 0.5) is 5.69 Å². The minimum Gasteiger partial charge on any atom is -0.262 e. The molecular formula is C8H4ClN3O2. The van der Waals surface area contributed by atoms with Crippen LogP contribution in [0.2, 0.25) is 5.02 Å². The van der Waals surface area contributed by atoms with E-state index in [0.717, 1.165) is 6.20 Å².